The molecule has 1 N–H and O–H groups in total. The summed E-state index contributed by atoms with van der Waals surface area (Å²) < 4.78 is 5.62. The van der Waals surface area contributed by atoms with Crippen LogP contribution in [0.4, 0.5) is 0 Å². The Morgan fingerprint density at radius 2 is 2.17 bits per heavy atom. The van der Waals surface area contributed by atoms with Gasteiger partial charge in [-0.3, -0.25) is 0 Å². The molecule has 0 aliphatic heterocycles. The van der Waals surface area contributed by atoms with E-state index < -0.39 is 6.10 Å². The second kappa shape index (κ2) is 3.96. The summed E-state index contributed by atoms with van der Waals surface area (Å²) in [6.07, 6.45) is 0.648. The third-order valence-electron chi connectivity index (χ3n) is 2.86. The first-order chi connectivity index (χ1) is 8.63. The van der Waals surface area contributed by atoms with Gasteiger partial charge in [0.05, 0.1) is 6.20 Å². The Kier molecular flexibility index (Phi) is 2.41. The number of nitrogens with zero attached hydrogens (tertiary/aromatic N) is 3. The van der Waals surface area contributed by atoms with Crippen LogP contribution in [0.25, 0.3) is 11.0 Å². The topological polar surface area (TPSA) is 64.1 Å². The van der Waals surface area contributed by atoms with Crippen molar-refractivity contribution in [3.63, 3.8) is 0 Å². The van der Waals surface area contributed by atoms with Gasteiger partial charge in [-0.1, -0.05) is 11.6 Å². The molecule has 3 rings (SSSR count). The van der Waals surface area contributed by atoms with Gasteiger partial charge < -0.3 is 9.52 Å². The lowest BCUT2D eigenvalue weighted by Gasteiger charge is -2.01. The summed E-state index contributed by atoms with van der Waals surface area (Å²) in [5, 5.41) is 19.2. The van der Waals surface area contributed by atoms with Crippen LogP contribution in [0, 0.1) is 6.92 Å². The molecular weight excluding hydrogens is 230 g/mol. The number of furan rings is 1. The average molecular weight is 243 g/mol. The highest BCUT2D eigenvalue weighted by atomic mass is 16.4. The van der Waals surface area contributed by atoms with Gasteiger partial charge in [-0.25, -0.2) is 0 Å². The molecule has 1 unspecified atom stereocenters. The van der Waals surface area contributed by atoms with E-state index in [9.17, 15) is 5.11 Å². The zero-order valence-electron chi connectivity index (χ0n) is 10.2. The molecule has 18 heavy (non-hydrogen) atoms. The molecule has 92 valence electrons. The van der Waals surface area contributed by atoms with Crippen molar-refractivity contribution in [2.45, 2.75) is 13.0 Å². The molecule has 3 aromatic rings. The van der Waals surface area contributed by atoms with Crippen LogP contribution in [0.3, 0.4) is 0 Å². The molecule has 5 heteroatoms. The first kappa shape index (κ1) is 11.0. The highest BCUT2D eigenvalue weighted by Gasteiger charge is 2.18. The van der Waals surface area contributed by atoms with Crippen LogP contribution in [0.15, 0.2) is 34.9 Å². The summed E-state index contributed by atoms with van der Waals surface area (Å²) in [4.78, 5) is 1.41. The van der Waals surface area contributed by atoms with E-state index in [1.165, 1.54) is 11.0 Å². The third-order valence-corrected chi connectivity index (χ3v) is 2.86. The Labute approximate surface area is 104 Å². The summed E-state index contributed by atoms with van der Waals surface area (Å²) in [7, 11) is 1.71. The standard InChI is InChI=1S/C13H13N3O2/c1-8-3-4-11-9(5-8)6-12(18-11)13(17)10-7-14-16(2)15-10/h3-7,13,17H,1-2H3. The Balaban J connectivity index is 2.03. The fourth-order valence-corrected chi connectivity index (χ4v) is 1.95. The highest BCUT2D eigenvalue weighted by molar-refractivity contribution is 5.78. The largest absolute Gasteiger partial charge is 0.458 e. The van der Waals surface area contributed by atoms with E-state index in [4.69, 9.17) is 4.42 Å². The van der Waals surface area contributed by atoms with Gasteiger partial charge in [0, 0.05) is 12.4 Å². The van der Waals surface area contributed by atoms with Gasteiger partial charge in [-0.2, -0.15) is 15.0 Å². The number of hydrogen-bond acceptors (Lipinski definition) is 4. The zero-order chi connectivity index (χ0) is 12.7. The number of aliphatic hydroxyl groups excluding tert-OH is 1. The second-order valence-corrected chi connectivity index (χ2v) is 4.35. The molecule has 0 saturated heterocycles. The van der Waals surface area contributed by atoms with Crippen LogP contribution in [0.1, 0.15) is 23.1 Å². The summed E-state index contributed by atoms with van der Waals surface area (Å²) in [5.74, 6) is 0.483. The molecule has 0 bridgehead atoms. The van der Waals surface area contributed by atoms with Crippen molar-refractivity contribution in [3.8, 4) is 0 Å². The second-order valence-electron chi connectivity index (χ2n) is 4.35. The number of aliphatic hydroxyl groups is 1. The van der Waals surface area contributed by atoms with Crippen LogP contribution in [0.5, 0.6) is 0 Å². The van der Waals surface area contributed by atoms with Gasteiger partial charge in [0.1, 0.15) is 17.0 Å². The van der Waals surface area contributed by atoms with Gasteiger partial charge in [-0.15, -0.1) is 0 Å². The van der Waals surface area contributed by atoms with Crippen LogP contribution >= 0.6 is 0 Å². The normalized spacial score (nSPS) is 13.1. The predicted octanol–water partition coefficient (Wildman–Crippen LogP) is 1.95. The Hall–Kier alpha value is -2.14. The first-order valence-corrected chi connectivity index (χ1v) is 5.68. The van der Waals surface area contributed by atoms with Crippen molar-refractivity contribution in [2.24, 2.45) is 7.05 Å². The van der Waals surface area contributed by atoms with Crippen LogP contribution in [-0.4, -0.2) is 20.1 Å². The molecule has 0 amide bonds. The highest BCUT2D eigenvalue weighted by Crippen LogP contribution is 2.27. The molecule has 0 fully saturated rings. The molecule has 0 aliphatic carbocycles. The molecule has 0 saturated carbocycles. The average Bonchev–Trinajstić information content (AvgIpc) is 2.93. The van der Waals surface area contributed by atoms with Gasteiger partial charge in [0.25, 0.3) is 0 Å². The fraction of sp³-hybridized carbons (Fsp3) is 0.231. The lowest BCUT2D eigenvalue weighted by molar-refractivity contribution is 0.187. The maximum absolute atomic E-state index is 10.2. The van der Waals surface area contributed by atoms with Gasteiger partial charge in [0.2, 0.25) is 0 Å². The maximum Gasteiger partial charge on any atom is 0.157 e. The van der Waals surface area contributed by atoms with Crippen molar-refractivity contribution in [1.82, 2.24) is 15.0 Å². The third kappa shape index (κ3) is 1.78. The number of hydrogen-bond donors (Lipinski definition) is 1. The van der Waals surface area contributed by atoms with Crippen LogP contribution in [-0.2, 0) is 7.05 Å². The minimum absolute atomic E-state index is 0.480. The molecule has 0 aliphatic rings. The Morgan fingerprint density at radius 3 is 2.89 bits per heavy atom. The molecule has 2 aromatic heterocycles. The smallest absolute Gasteiger partial charge is 0.157 e. The molecule has 5 nitrogen and oxygen atoms in total. The van der Waals surface area contributed by atoms with Crippen molar-refractivity contribution >= 4 is 11.0 Å². The van der Waals surface area contributed by atoms with Crippen molar-refractivity contribution in [3.05, 3.63) is 47.5 Å². The summed E-state index contributed by atoms with van der Waals surface area (Å²) >= 11 is 0. The number of rotatable bonds is 2. The minimum atomic E-state index is -0.883. The van der Waals surface area contributed by atoms with E-state index in [0.717, 1.165) is 16.5 Å². The molecule has 0 radical (unpaired) electrons. The molecule has 0 spiro atoms. The summed E-state index contributed by atoms with van der Waals surface area (Å²) in [6.45, 7) is 2.02. The van der Waals surface area contributed by atoms with Crippen molar-refractivity contribution in [2.75, 3.05) is 0 Å². The number of benzene rings is 1. The maximum atomic E-state index is 10.2. The Morgan fingerprint density at radius 1 is 1.33 bits per heavy atom. The van der Waals surface area contributed by atoms with E-state index in [1.807, 2.05) is 31.2 Å². The van der Waals surface area contributed by atoms with E-state index in [0.29, 0.717) is 11.5 Å². The van der Waals surface area contributed by atoms with Crippen LogP contribution < -0.4 is 0 Å². The van der Waals surface area contributed by atoms with E-state index >= 15 is 0 Å². The molecule has 1 aromatic carbocycles. The van der Waals surface area contributed by atoms with Gasteiger partial charge in [0.15, 0.2) is 6.10 Å². The SMILES string of the molecule is Cc1ccc2oc(C(O)c3cnn(C)n3)cc2c1. The predicted molar refractivity (Wildman–Crippen MR) is 66.0 cm³/mol. The fourth-order valence-electron chi connectivity index (χ4n) is 1.95. The molecule has 2 heterocycles. The monoisotopic (exact) mass is 243 g/mol. The number of aromatic nitrogens is 3. The van der Waals surface area contributed by atoms with E-state index in [1.54, 1.807) is 7.05 Å². The van der Waals surface area contributed by atoms with E-state index in [2.05, 4.69) is 10.2 Å². The quantitative estimate of drug-likeness (QED) is 0.747. The number of aryl methyl sites for hydroxylation is 2. The molecular formula is C13H13N3O2. The van der Waals surface area contributed by atoms with Gasteiger partial charge in [-0.05, 0) is 25.1 Å². The van der Waals surface area contributed by atoms with Gasteiger partial charge >= 0.3 is 0 Å². The summed E-state index contributed by atoms with van der Waals surface area (Å²) in [6, 6.07) is 7.73. The minimum Gasteiger partial charge on any atom is -0.458 e. The lowest BCUT2D eigenvalue weighted by atomic mass is 10.1. The zero-order valence-corrected chi connectivity index (χ0v) is 10.2. The molecule has 1 atom stereocenters. The number of fused-ring (bicyclic) bond motifs is 1. The van der Waals surface area contributed by atoms with Crippen LogP contribution in [0.2, 0.25) is 0 Å². The van der Waals surface area contributed by atoms with E-state index in [-0.39, 0.29) is 0 Å². The first-order valence-electron chi connectivity index (χ1n) is 5.68. The van der Waals surface area contributed by atoms with Crippen molar-refractivity contribution < 1.29 is 9.52 Å². The summed E-state index contributed by atoms with van der Waals surface area (Å²) in [5.41, 5.74) is 2.40. The van der Waals surface area contributed by atoms with Crippen molar-refractivity contribution in [1.29, 1.82) is 0 Å². The Bertz CT molecular complexity index is 699. The lowest BCUT2D eigenvalue weighted by Crippen LogP contribution is -2.00.